The molecule has 2 aromatic heterocycles. The Balaban J connectivity index is 0.000000551. The first-order valence-corrected chi connectivity index (χ1v) is 15.1. The molecule has 0 saturated carbocycles. The van der Waals surface area contributed by atoms with Gasteiger partial charge in [0.25, 0.3) is 0 Å². The highest BCUT2D eigenvalue weighted by Gasteiger charge is 2.21. The van der Waals surface area contributed by atoms with Crippen LogP contribution < -0.4 is 5.73 Å². The summed E-state index contributed by atoms with van der Waals surface area (Å²) in [6.45, 7) is 25.5. The van der Waals surface area contributed by atoms with E-state index in [-0.39, 0.29) is 5.95 Å². The standard InChI is InChI=1S/C32H30N4.C5H12.C2H4/c1-18(2)14-27-19(3)15-28-20(4)24(23-16-35-32(33)36-17-23)10-11-25(28)30(27)26-9-8-21-6-5-7-22-12-13-34-31(26)29(21)22;1-5(2,3)4;1-2/h8-13,15-17H,1,5-7,14H2,2-4H3,(H2,33,35,36);1-4H3;1-2H2. The molecule has 4 heteroatoms. The molecule has 0 fully saturated rings. The van der Waals surface area contributed by atoms with Gasteiger partial charge in [-0.05, 0) is 108 Å². The number of nitrogens with two attached hydrogens (primary N) is 1. The van der Waals surface area contributed by atoms with Crippen molar-refractivity contribution in [1.29, 1.82) is 0 Å². The van der Waals surface area contributed by atoms with E-state index < -0.39 is 0 Å². The molecule has 0 amide bonds. The first kappa shape index (κ1) is 31.6. The quantitative estimate of drug-likeness (QED) is 0.218. The van der Waals surface area contributed by atoms with Crippen LogP contribution in [-0.2, 0) is 19.3 Å². The van der Waals surface area contributed by atoms with Crippen LogP contribution in [0.25, 0.3) is 43.9 Å². The molecule has 5 aromatic rings. The predicted octanol–water partition coefficient (Wildman–Crippen LogP) is 10.2. The SMILES string of the molecule is C=C.C=C(C)Cc1c(C)cc2c(C)c(-c3cnc(N)nc3)ccc2c1-c1ccc2c3c(ccnc13)CCC2.CC(C)(C)C. The topological polar surface area (TPSA) is 64.7 Å². The van der Waals surface area contributed by atoms with Crippen molar-refractivity contribution in [2.24, 2.45) is 5.41 Å². The average molecular weight is 571 g/mol. The van der Waals surface area contributed by atoms with E-state index in [1.165, 1.54) is 61.5 Å². The monoisotopic (exact) mass is 570 g/mol. The summed E-state index contributed by atoms with van der Waals surface area (Å²) >= 11 is 0. The third kappa shape index (κ3) is 6.85. The number of hydrogen-bond donors (Lipinski definition) is 1. The molecule has 0 spiro atoms. The lowest BCUT2D eigenvalue weighted by molar-refractivity contribution is 0.469. The Labute approximate surface area is 257 Å². The van der Waals surface area contributed by atoms with Gasteiger partial charge in [-0.1, -0.05) is 70.2 Å². The molecular weight excluding hydrogens is 524 g/mol. The van der Waals surface area contributed by atoms with Crippen molar-refractivity contribution in [3.63, 3.8) is 0 Å². The largest absolute Gasteiger partial charge is 0.368 e. The maximum Gasteiger partial charge on any atom is 0.219 e. The van der Waals surface area contributed by atoms with Crippen LogP contribution in [0.2, 0.25) is 0 Å². The predicted molar refractivity (Wildman–Crippen MR) is 187 cm³/mol. The molecule has 0 unspecified atom stereocenters. The van der Waals surface area contributed by atoms with Crippen LogP contribution in [-0.4, -0.2) is 15.0 Å². The van der Waals surface area contributed by atoms with Crippen molar-refractivity contribution in [3.8, 4) is 22.3 Å². The van der Waals surface area contributed by atoms with Gasteiger partial charge in [0.2, 0.25) is 5.95 Å². The van der Waals surface area contributed by atoms with Crippen molar-refractivity contribution >= 4 is 27.6 Å². The summed E-state index contributed by atoms with van der Waals surface area (Å²) < 4.78 is 0. The number of aromatic nitrogens is 3. The van der Waals surface area contributed by atoms with E-state index in [0.29, 0.717) is 5.41 Å². The molecule has 222 valence electrons. The van der Waals surface area contributed by atoms with Gasteiger partial charge in [-0.25, -0.2) is 9.97 Å². The van der Waals surface area contributed by atoms with Gasteiger partial charge in [-0.15, -0.1) is 13.2 Å². The Morgan fingerprint density at radius 3 is 2.09 bits per heavy atom. The molecule has 0 bridgehead atoms. The van der Waals surface area contributed by atoms with Crippen LogP contribution in [0.1, 0.15) is 68.9 Å². The maximum absolute atomic E-state index is 5.74. The molecule has 0 saturated heterocycles. The van der Waals surface area contributed by atoms with Crippen LogP contribution in [0.3, 0.4) is 0 Å². The van der Waals surface area contributed by atoms with Gasteiger partial charge in [0.15, 0.2) is 0 Å². The third-order valence-electron chi connectivity index (χ3n) is 7.61. The van der Waals surface area contributed by atoms with Crippen molar-refractivity contribution < 1.29 is 0 Å². The van der Waals surface area contributed by atoms with Crippen LogP contribution in [0.15, 0.2) is 80.3 Å². The minimum Gasteiger partial charge on any atom is -0.368 e. The summed E-state index contributed by atoms with van der Waals surface area (Å²) in [6.07, 6.45) is 9.87. The minimum absolute atomic E-state index is 0.287. The molecular formula is C39H46N4. The fraction of sp³-hybridized carbons (Fsp3) is 0.308. The highest BCUT2D eigenvalue weighted by atomic mass is 15.0. The number of rotatable bonds is 4. The van der Waals surface area contributed by atoms with Gasteiger partial charge in [-0.2, -0.15) is 0 Å². The van der Waals surface area contributed by atoms with E-state index in [1.54, 1.807) is 12.4 Å². The lowest BCUT2D eigenvalue weighted by Crippen LogP contribution is -2.04. The van der Waals surface area contributed by atoms with Crippen LogP contribution in [0.5, 0.6) is 0 Å². The van der Waals surface area contributed by atoms with Crippen molar-refractivity contribution in [3.05, 3.63) is 108 Å². The minimum atomic E-state index is 0.287. The summed E-state index contributed by atoms with van der Waals surface area (Å²) in [7, 11) is 0. The number of nitrogen functional groups attached to an aromatic ring is 1. The number of allylic oxidation sites excluding steroid dienone is 1. The van der Waals surface area contributed by atoms with Gasteiger partial charge in [0, 0.05) is 35.1 Å². The maximum atomic E-state index is 5.74. The van der Waals surface area contributed by atoms with E-state index in [9.17, 15) is 0 Å². The number of fused-ring (bicyclic) bond motifs is 1. The fourth-order valence-corrected chi connectivity index (χ4v) is 5.92. The highest BCUT2D eigenvalue weighted by molar-refractivity contribution is 6.09. The molecule has 43 heavy (non-hydrogen) atoms. The molecule has 2 N–H and O–H groups in total. The molecule has 6 rings (SSSR count). The smallest absolute Gasteiger partial charge is 0.219 e. The Morgan fingerprint density at radius 2 is 1.47 bits per heavy atom. The van der Waals surface area contributed by atoms with Crippen LogP contribution in [0, 0.1) is 19.3 Å². The first-order chi connectivity index (χ1) is 20.4. The van der Waals surface area contributed by atoms with Crippen molar-refractivity contribution in [2.75, 3.05) is 5.73 Å². The molecule has 3 aromatic carbocycles. The van der Waals surface area contributed by atoms with Gasteiger partial charge < -0.3 is 5.73 Å². The zero-order valence-corrected chi connectivity index (χ0v) is 27.1. The normalized spacial score (nSPS) is 12.3. The number of pyridine rings is 1. The zero-order chi connectivity index (χ0) is 31.5. The van der Waals surface area contributed by atoms with Gasteiger partial charge in [-0.3, -0.25) is 4.98 Å². The van der Waals surface area contributed by atoms with Crippen molar-refractivity contribution in [1.82, 2.24) is 15.0 Å². The van der Waals surface area contributed by atoms with E-state index in [0.717, 1.165) is 41.5 Å². The summed E-state index contributed by atoms with van der Waals surface area (Å²) in [6, 6.07) is 13.6. The molecule has 4 nitrogen and oxygen atoms in total. The van der Waals surface area contributed by atoms with E-state index in [4.69, 9.17) is 10.7 Å². The van der Waals surface area contributed by atoms with Crippen LogP contribution in [0.4, 0.5) is 5.95 Å². The number of benzene rings is 3. The molecule has 1 aliphatic rings. The lowest BCUT2D eigenvalue weighted by Gasteiger charge is -2.23. The van der Waals surface area contributed by atoms with Gasteiger partial charge >= 0.3 is 0 Å². The van der Waals surface area contributed by atoms with E-state index >= 15 is 0 Å². The first-order valence-electron chi connectivity index (χ1n) is 15.1. The summed E-state index contributed by atoms with van der Waals surface area (Å²) in [5.41, 5.74) is 19.7. The summed E-state index contributed by atoms with van der Waals surface area (Å²) in [5, 5.41) is 3.83. The van der Waals surface area contributed by atoms with Crippen molar-refractivity contribution in [2.45, 2.75) is 74.1 Å². The summed E-state index contributed by atoms with van der Waals surface area (Å²) in [5.74, 6) is 0.287. The molecule has 0 radical (unpaired) electrons. The number of hydrogen-bond acceptors (Lipinski definition) is 4. The number of aryl methyl sites for hydroxylation is 4. The highest BCUT2D eigenvalue weighted by Crippen LogP contribution is 2.43. The van der Waals surface area contributed by atoms with Gasteiger partial charge in [0.05, 0.1) is 5.52 Å². The molecule has 2 heterocycles. The lowest BCUT2D eigenvalue weighted by atomic mass is 9.82. The average Bonchev–Trinajstić information content (AvgIpc) is 2.96. The molecule has 1 aliphatic carbocycles. The molecule has 0 aliphatic heterocycles. The van der Waals surface area contributed by atoms with Crippen LogP contribution >= 0.6 is 0 Å². The van der Waals surface area contributed by atoms with Gasteiger partial charge in [0.1, 0.15) is 0 Å². The Bertz CT molecular complexity index is 1770. The second-order valence-corrected chi connectivity index (χ2v) is 13.2. The Morgan fingerprint density at radius 1 is 0.860 bits per heavy atom. The molecule has 0 atom stereocenters. The Hall–Kier alpha value is -4.31. The zero-order valence-electron chi connectivity index (χ0n) is 27.1. The fourth-order valence-electron chi connectivity index (χ4n) is 5.92. The second kappa shape index (κ2) is 12.9. The number of anilines is 1. The Kier molecular flexibility index (Phi) is 9.49. The summed E-state index contributed by atoms with van der Waals surface area (Å²) in [4.78, 5) is 13.4. The second-order valence-electron chi connectivity index (χ2n) is 13.2. The van der Waals surface area contributed by atoms with E-state index in [1.807, 2.05) is 6.20 Å². The van der Waals surface area contributed by atoms with E-state index in [2.05, 4.69) is 115 Å². The third-order valence-corrected chi connectivity index (χ3v) is 7.61. The number of nitrogens with zero attached hydrogens (tertiary/aromatic N) is 3.